The minimum absolute atomic E-state index is 0.109. The highest BCUT2D eigenvalue weighted by molar-refractivity contribution is 6.02. The van der Waals surface area contributed by atoms with E-state index in [1.807, 2.05) is 42.8 Å². The lowest BCUT2D eigenvalue weighted by Crippen LogP contribution is -1.98. The number of aromatic nitrogens is 2. The summed E-state index contributed by atoms with van der Waals surface area (Å²) < 4.78 is 7.25. The second kappa shape index (κ2) is 4.23. The van der Waals surface area contributed by atoms with Gasteiger partial charge in [0.2, 0.25) is 5.76 Å². The minimum Gasteiger partial charge on any atom is -0.475 e. The molecule has 0 fully saturated rings. The summed E-state index contributed by atoms with van der Waals surface area (Å²) >= 11 is 0. The van der Waals surface area contributed by atoms with Gasteiger partial charge in [-0.3, -0.25) is 0 Å². The van der Waals surface area contributed by atoms with Gasteiger partial charge in [0.25, 0.3) is 0 Å². The lowest BCUT2D eigenvalue weighted by Gasteiger charge is -2.00. The SMILES string of the molecule is Cc1nc(-c2c(C)n(C)c3ccccc23)c(C(=O)O)o1. The Morgan fingerprint density at radius 2 is 2.00 bits per heavy atom. The second-order valence-electron chi connectivity index (χ2n) is 4.75. The number of benzene rings is 1. The largest absolute Gasteiger partial charge is 0.475 e. The van der Waals surface area contributed by atoms with Crippen molar-refractivity contribution in [2.24, 2.45) is 7.05 Å². The first-order valence-electron chi connectivity index (χ1n) is 6.25. The molecule has 0 unspecified atom stereocenters. The van der Waals surface area contributed by atoms with Crippen LogP contribution in [0.1, 0.15) is 22.1 Å². The van der Waals surface area contributed by atoms with E-state index >= 15 is 0 Å². The molecule has 0 amide bonds. The zero-order chi connectivity index (χ0) is 14.4. The maximum Gasteiger partial charge on any atom is 0.374 e. The summed E-state index contributed by atoms with van der Waals surface area (Å²) in [5.74, 6) is -0.861. The van der Waals surface area contributed by atoms with Crippen molar-refractivity contribution in [3.05, 3.63) is 41.6 Å². The fourth-order valence-corrected chi connectivity index (χ4v) is 2.56. The molecular formula is C15H14N2O3. The number of carboxylic acids is 1. The van der Waals surface area contributed by atoms with Gasteiger partial charge in [0.15, 0.2) is 5.89 Å². The van der Waals surface area contributed by atoms with Crippen LogP contribution in [-0.4, -0.2) is 20.6 Å². The van der Waals surface area contributed by atoms with E-state index in [9.17, 15) is 9.90 Å². The fourth-order valence-electron chi connectivity index (χ4n) is 2.56. The summed E-state index contributed by atoms with van der Waals surface area (Å²) in [6.07, 6.45) is 0. The minimum atomic E-state index is -1.10. The smallest absolute Gasteiger partial charge is 0.374 e. The van der Waals surface area contributed by atoms with E-state index in [0.717, 1.165) is 22.2 Å². The highest BCUT2D eigenvalue weighted by Gasteiger charge is 2.24. The number of rotatable bonds is 2. The molecule has 2 aromatic heterocycles. The predicted molar refractivity (Wildman–Crippen MR) is 74.8 cm³/mol. The van der Waals surface area contributed by atoms with Gasteiger partial charge in [-0.05, 0) is 13.0 Å². The van der Waals surface area contributed by atoms with Crippen molar-refractivity contribution in [3.63, 3.8) is 0 Å². The molecule has 0 saturated heterocycles. The van der Waals surface area contributed by atoms with Crippen LogP contribution in [0.25, 0.3) is 22.2 Å². The van der Waals surface area contributed by atoms with Crippen molar-refractivity contribution < 1.29 is 14.3 Å². The van der Waals surface area contributed by atoms with E-state index in [-0.39, 0.29) is 5.76 Å². The van der Waals surface area contributed by atoms with Crippen LogP contribution in [-0.2, 0) is 7.05 Å². The summed E-state index contributed by atoms with van der Waals surface area (Å²) in [6, 6.07) is 7.85. The van der Waals surface area contributed by atoms with E-state index in [1.54, 1.807) is 6.92 Å². The van der Waals surface area contributed by atoms with E-state index in [4.69, 9.17) is 4.42 Å². The Labute approximate surface area is 115 Å². The third kappa shape index (κ3) is 1.63. The molecule has 3 rings (SSSR count). The number of hydrogen-bond acceptors (Lipinski definition) is 3. The van der Waals surface area contributed by atoms with Crippen LogP contribution in [0.2, 0.25) is 0 Å². The highest BCUT2D eigenvalue weighted by atomic mass is 16.4. The second-order valence-corrected chi connectivity index (χ2v) is 4.75. The number of fused-ring (bicyclic) bond motifs is 1. The maximum absolute atomic E-state index is 11.3. The number of para-hydroxylation sites is 1. The number of hydrogen-bond donors (Lipinski definition) is 1. The third-order valence-electron chi connectivity index (χ3n) is 3.56. The Balaban J connectivity index is 2.41. The molecule has 102 valence electrons. The number of nitrogens with zero attached hydrogens (tertiary/aromatic N) is 2. The molecule has 0 aliphatic rings. The van der Waals surface area contributed by atoms with E-state index in [1.165, 1.54) is 0 Å². The van der Waals surface area contributed by atoms with Crippen LogP contribution >= 0.6 is 0 Å². The van der Waals surface area contributed by atoms with E-state index in [0.29, 0.717) is 11.6 Å². The van der Waals surface area contributed by atoms with Gasteiger partial charge in [0, 0.05) is 36.1 Å². The summed E-state index contributed by atoms with van der Waals surface area (Å²) in [5, 5.41) is 10.2. The third-order valence-corrected chi connectivity index (χ3v) is 3.56. The van der Waals surface area contributed by atoms with Crippen molar-refractivity contribution in [2.75, 3.05) is 0 Å². The standard InChI is InChI=1S/C15H14N2O3/c1-8-12(10-6-4-5-7-11(10)17(8)3)13-14(15(18)19)20-9(2)16-13/h4-7H,1-3H3,(H,18,19). The van der Waals surface area contributed by atoms with E-state index in [2.05, 4.69) is 4.98 Å². The molecule has 0 radical (unpaired) electrons. The van der Waals surface area contributed by atoms with Crippen molar-refractivity contribution in [2.45, 2.75) is 13.8 Å². The molecule has 0 saturated carbocycles. The van der Waals surface area contributed by atoms with Crippen molar-refractivity contribution in [1.82, 2.24) is 9.55 Å². The Kier molecular flexibility index (Phi) is 2.64. The van der Waals surface area contributed by atoms with Crippen LogP contribution in [0.4, 0.5) is 0 Å². The number of aryl methyl sites for hydroxylation is 2. The molecule has 0 aliphatic heterocycles. The number of oxazole rings is 1. The highest BCUT2D eigenvalue weighted by Crippen LogP contribution is 2.35. The van der Waals surface area contributed by atoms with Gasteiger partial charge in [-0.25, -0.2) is 9.78 Å². The number of carbonyl (C=O) groups is 1. The molecule has 3 aromatic rings. The molecule has 1 aromatic carbocycles. The zero-order valence-electron chi connectivity index (χ0n) is 11.5. The molecule has 0 bridgehead atoms. The molecular weight excluding hydrogens is 256 g/mol. The topological polar surface area (TPSA) is 68.3 Å². The monoisotopic (exact) mass is 270 g/mol. The van der Waals surface area contributed by atoms with Crippen molar-refractivity contribution >= 4 is 16.9 Å². The first-order chi connectivity index (χ1) is 9.50. The number of aromatic carboxylic acids is 1. The quantitative estimate of drug-likeness (QED) is 0.776. The predicted octanol–water partition coefficient (Wildman–Crippen LogP) is 3.15. The Bertz CT molecular complexity index is 827. The van der Waals surface area contributed by atoms with Gasteiger partial charge in [-0.1, -0.05) is 18.2 Å². The van der Waals surface area contributed by atoms with Crippen LogP contribution in [0.3, 0.4) is 0 Å². The molecule has 0 spiro atoms. The summed E-state index contributed by atoms with van der Waals surface area (Å²) in [7, 11) is 1.95. The van der Waals surface area contributed by atoms with Gasteiger partial charge < -0.3 is 14.1 Å². The Hall–Kier alpha value is -2.56. The summed E-state index contributed by atoms with van der Waals surface area (Å²) in [5.41, 5.74) is 3.21. The molecule has 1 N–H and O–H groups in total. The molecule has 5 nitrogen and oxygen atoms in total. The summed E-state index contributed by atoms with van der Waals surface area (Å²) in [6.45, 7) is 3.60. The molecule has 5 heteroatoms. The normalized spacial score (nSPS) is 11.2. The van der Waals surface area contributed by atoms with Crippen molar-refractivity contribution in [1.29, 1.82) is 0 Å². The lowest BCUT2D eigenvalue weighted by molar-refractivity contribution is 0.0662. The Morgan fingerprint density at radius 3 is 2.70 bits per heavy atom. The molecule has 20 heavy (non-hydrogen) atoms. The van der Waals surface area contributed by atoms with Crippen LogP contribution in [0, 0.1) is 13.8 Å². The first kappa shape index (κ1) is 12.5. The van der Waals surface area contributed by atoms with Gasteiger partial charge in [-0.2, -0.15) is 0 Å². The average molecular weight is 270 g/mol. The fraction of sp³-hybridized carbons (Fsp3) is 0.200. The average Bonchev–Trinajstić information content (AvgIpc) is 2.90. The number of carboxylic acid groups (broad SMARTS) is 1. The molecule has 0 atom stereocenters. The maximum atomic E-state index is 11.3. The lowest BCUT2D eigenvalue weighted by atomic mass is 10.1. The Morgan fingerprint density at radius 1 is 1.30 bits per heavy atom. The van der Waals surface area contributed by atoms with Gasteiger partial charge in [-0.15, -0.1) is 0 Å². The summed E-state index contributed by atoms with van der Waals surface area (Å²) in [4.78, 5) is 15.6. The van der Waals surface area contributed by atoms with Crippen LogP contribution < -0.4 is 0 Å². The molecule has 2 heterocycles. The van der Waals surface area contributed by atoms with Gasteiger partial charge in [0.1, 0.15) is 5.69 Å². The zero-order valence-corrected chi connectivity index (χ0v) is 11.5. The van der Waals surface area contributed by atoms with Crippen molar-refractivity contribution in [3.8, 4) is 11.3 Å². The van der Waals surface area contributed by atoms with Gasteiger partial charge >= 0.3 is 5.97 Å². The van der Waals surface area contributed by atoms with Crippen LogP contribution in [0.5, 0.6) is 0 Å². The first-order valence-corrected chi connectivity index (χ1v) is 6.25. The van der Waals surface area contributed by atoms with E-state index < -0.39 is 5.97 Å². The molecule has 0 aliphatic carbocycles. The van der Waals surface area contributed by atoms with Crippen LogP contribution in [0.15, 0.2) is 28.7 Å². The van der Waals surface area contributed by atoms with Gasteiger partial charge in [0.05, 0.1) is 0 Å².